The van der Waals surface area contributed by atoms with Crippen LogP contribution in [0.1, 0.15) is 32.8 Å². The summed E-state index contributed by atoms with van der Waals surface area (Å²) in [6.07, 6.45) is 1.80. The van der Waals surface area contributed by atoms with Crippen LogP contribution in [0, 0.1) is 17.8 Å². The van der Waals surface area contributed by atoms with Crippen molar-refractivity contribution in [2.45, 2.75) is 32.8 Å². The zero-order chi connectivity index (χ0) is 12.8. The number of fused-ring (bicyclic) bond motifs is 1. The summed E-state index contributed by atoms with van der Waals surface area (Å²) in [5.74, 6) is 6.69. The van der Waals surface area contributed by atoms with E-state index in [9.17, 15) is 4.79 Å². The molecule has 0 spiro atoms. The van der Waals surface area contributed by atoms with Crippen LogP contribution in [-0.4, -0.2) is 6.09 Å². The molecule has 1 heterocycles. The van der Waals surface area contributed by atoms with Gasteiger partial charge in [-0.25, -0.2) is 4.79 Å². The number of carbonyl (C=O) groups excluding carboxylic acids is 1. The van der Waals surface area contributed by atoms with Crippen molar-refractivity contribution in [1.29, 1.82) is 0 Å². The molecule has 3 rings (SSSR count). The fourth-order valence-corrected chi connectivity index (χ4v) is 2.13. The Hall–Kier alpha value is -1.66. The van der Waals surface area contributed by atoms with Gasteiger partial charge in [0, 0.05) is 16.5 Å². The van der Waals surface area contributed by atoms with Gasteiger partial charge in [0.2, 0.25) is 0 Å². The third-order valence-electron chi connectivity index (χ3n) is 3.12. The first kappa shape index (κ1) is 13.8. The summed E-state index contributed by atoms with van der Waals surface area (Å²) < 4.78 is 5.35. The molecule has 1 aliphatic carbocycles. The van der Waals surface area contributed by atoms with Crippen molar-refractivity contribution >= 4 is 23.4 Å². The molecule has 1 aromatic carbocycles. The summed E-state index contributed by atoms with van der Waals surface area (Å²) in [6.45, 7) is 1.80. The molecule has 0 radical (unpaired) electrons. The summed E-state index contributed by atoms with van der Waals surface area (Å²) >= 11 is 6.00. The van der Waals surface area contributed by atoms with Crippen molar-refractivity contribution in [3.63, 3.8) is 0 Å². The first-order valence-corrected chi connectivity index (χ1v) is 6.27. The lowest BCUT2D eigenvalue weighted by molar-refractivity contribution is 0.0714. The number of rotatable bonds is 0. The van der Waals surface area contributed by atoms with E-state index in [-0.39, 0.29) is 7.43 Å². The second kappa shape index (κ2) is 4.79. The van der Waals surface area contributed by atoms with Crippen LogP contribution < -0.4 is 5.32 Å². The van der Waals surface area contributed by atoms with E-state index in [0.29, 0.717) is 16.6 Å². The van der Waals surface area contributed by atoms with E-state index in [2.05, 4.69) is 17.2 Å². The lowest BCUT2D eigenvalue weighted by Gasteiger charge is -2.31. The SMILES string of the molecule is C.CC1(C#CC2CC2)OC(=O)Nc2ccc(Cl)cc21. The van der Waals surface area contributed by atoms with Gasteiger partial charge in [-0.05, 0) is 38.0 Å². The monoisotopic (exact) mass is 277 g/mol. The molecule has 19 heavy (non-hydrogen) atoms. The molecule has 2 aliphatic rings. The molecule has 1 aromatic rings. The molecule has 4 heteroatoms. The molecule has 1 amide bonds. The first-order chi connectivity index (χ1) is 8.57. The van der Waals surface area contributed by atoms with E-state index >= 15 is 0 Å². The Morgan fingerprint density at radius 1 is 1.47 bits per heavy atom. The maximum atomic E-state index is 11.6. The molecule has 1 fully saturated rings. The maximum Gasteiger partial charge on any atom is 0.413 e. The molecule has 0 saturated heterocycles. The summed E-state index contributed by atoms with van der Waals surface area (Å²) in [5, 5.41) is 3.26. The third kappa shape index (κ3) is 2.69. The molecule has 100 valence electrons. The fourth-order valence-electron chi connectivity index (χ4n) is 1.96. The minimum Gasteiger partial charge on any atom is -0.425 e. The summed E-state index contributed by atoms with van der Waals surface area (Å²) in [5.41, 5.74) is 0.608. The topological polar surface area (TPSA) is 38.3 Å². The molecule has 1 saturated carbocycles. The van der Waals surface area contributed by atoms with Crippen LogP contribution in [0.3, 0.4) is 0 Å². The van der Waals surface area contributed by atoms with Crippen molar-refractivity contribution in [3.8, 4) is 11.8 Å². The lowest BCUT2D eigenvalue weighted by atomic mass is 9.93. The van der Waals surface area contributed by atoms with Gasteiger partial charge < -0.3 is 4.74 Å². The van der Waals surface area contributed by atoms with Crippen molar-refractivity contribution < 1.29 is 9.53 Å². The zero-order valence-corrected chi connectivity index (χ0v) is 10.7. The van der Waals surface area contributed by atoms with Crippen LogP contribution in [0.15, 0.2) is 18.2 Å². The number of nitrogens with one attached hydrogen (secondary N) is 1. The number of amides is 1. The average Bonchev–Trinajstić information content (AvgIpc) is 3.12. The largest absolute Gasteiger partial charge is 0.425 e. The van der Waals surface area contributed by atoms with Crippen molar-refractivity contribution in [2.75, 3.05) is 5.32 Å². The highest BCUT2D eigenvalue weighted by Crippen LogP contribution is 2.37. The minimum atomic E-state index is -0.912. The van der Waals surface area contributed by atoms with Crippen molar-refractivity contribution in [1.82, 2.24) is 0 Å². The molecular formula is C15H16ClNO2. The predicted molar refractivity (Wildman–Crippen MR) is 76.1 cm³/mol. The molecule has 1 atom stereocenters. The van der Waals surface area contributed by atoms with E-state index in [1.807, 2.05) is 0 Å². The van der Waals surface area contributed by atoms with Crippen LogP contribution in [0.4, 0.5) is 10.5 Å². The van der Waals surface area contributed by atoms with Gasteiger partial charge in [0.15, 0.2) is 5.60 Å². The standard InChI is InChI=1S/C14H12ClNO2.CH4/c1-14(7-6-9-2-3-9)11-8-10(15)4-5-12(11)16-13(17)18-14;/h4-5,8-9H,2-3H2,1H3,(H,16,17);1H4. The summed E-state index contributed by atoms with van der Waals surface area (Å²) in [4.78, 5) is 11.6. The van der Waals surface area contributed by atoms with E-state index in [1.54, 1.807) is 25.1 Å². The minimum absolute atomic E-state index is 0. The van der Waals surface area contributed by atoms with Gasteiger partial charge in [-0.3, -0.25) is 5.32 Å². The van der Waals surface area contributed by atoms with E-state index in [1.165, 1.54) is 0 Å². The fraction of sp³-hybridized carbons (Fsp3) is 0.400. The summed E-state index contributed by atoms with van der Waals surface area (Å²) in [7, 11) is 0. The zero-order valence-electron chi connectivity index (χ0n) is 9.92. The van der Waals surface area contributed by atoms with Crippen LogP contribution >= 0.6 is 11.6 Å². The predicted octanol–water partition coefficient (Wildman–Crippen LogP) is 4.17. The van der Waals surface area contributed by atoms with Gasteiger partial charge in [0.25, 0.3) is 0 Å². The Morgan fingerprint density at radius 2 is 2.21 bits per heavy atom. The molecule has 1 N–H and O–H groups in total. The van der Waals surface area contributed by atoms with Crippen LogP contribution in [0.25, 0.3) is 0 Å². The quantitative estimate of drug-likeness (QED) is 0.723. The highest BCUT2D eigenvalue weighted by atomic mass is 35.5. The Balaban J connectivity index is 0.00000133. The molecule has 0 bridgehead atoms. The van der Waals surface area contributed by atoms with Gasteiger partial charge in [0.05, 0.1) is 5.69 Å². The molecular weight excluding hydrogens is 262 g/mol. The summed E-state index contributed by atoms with van der Waals surface area (Å²) in [6, 6.07) is 5.30. The van der Waals surface area contributed by atoms with Crippen LogP contribution in [0.5, 0.6) is 0 Å². The van der Waals surface area contributed by atoms with Crippen LogP contribution in [0.2, 0.25) is 5.02 Å². The molecule has 3 nitrogen and oxygen atoms in total. The van der Waals surface area contributed by atoms with Crippen molar-refractivity contribution in [2.24, 2.45) is 5.92 Å². The van der Waals surface area contributed by atoms with Crippen molar-refractivity contribution in [3.05, 3.63) is 28.8 Å². The Bertz CT molecular complexity index is 584. The maximum absolute atomic E-state index is 11.6. The van der Waals surface area contributed by atoms with Gasteiger partial charge in [-0.1, -0.05) is 30.9 Å². The van der Waals surface area contributed by atoms with E-state index < -0.39 is 11.7 Å². The van der Waals surface area contributed by atoms with Gasteiger partial charge in [-0.2, -0.15) is 0 Å². The second-order valence-corrected chi connectivity index (χ2v) is 5.22. The average molecular weight is 278 g/mol. The highest BCUT2D eigenvalue weighted by Gasteiger charge is 2.37. The smallest absolute Gasteiger partial charge is 0.413 e. The normalized spacial score (nSPS) is 24.0. The number of hydrogen-bond donors (Lipinski definition) is 1. The first-order valence-electron chi connectivity index (χ1n) is 5.89. The number of ether oxygens (including phenoxy) is 1. The van der Waals surface area contributed by atoms with Gasteiger partial charge in [0.1, 0.15) is 0 Å². The second-order valence-electron chi connectivity index (χ2n) is 4.78. The number of anilines is 1. The van der Waals surface area contributed by atoms with Gasteiger partial charge >= 0.3 is 6.09 Å². The number of cyclic esters (lactones) is 1. The lowest BCUT2D eigenvalue weighted by Crippen LogP contribution is -2.36. The number of halogens is 1. The molecule has 0 aromatic heterocycles. The molecule has 1 aliphatic heterocycles. The number of carbonyl (C=O) groups is 1. The van der Waals surface area contributed by atoms with E-state index in [0.717, 1.165) is 18.4 Å². The van der Waals surface area contributed by atoms with Gasteiger partial charge in [-0.15, -0.1) is 0 Å². The number of benzene rings is 1. The molecule has 1 unspecified atom stereocenters. The Labute approximate surface area is 118 Å². The number of hydrogen-bond acceptors (Lipinski definition) is 2. The Morgan fingerprint density at radius 3 is 2.89 bits per heavy atom. The van der Waals surface area contributed by atoms with Crippen LogP contribution in [-0.2, 0) is 10.3 Å². The third-order valence-corrected chi connectivity index (χ3v) is 3.36. The highest BCUT2D eigenvalue weighted by molar-refractivity contribution is 6.30. The van der Waals surface area contributed by atoms with E-state index in [4.69, 9.17) is 16.3 Å². The Kier molecular flexibility index (Phi) is 3.47.